The molecule has 20 heavy (non-hydrogen) atoms. The number of rotatable bonds is 5. The zero-order valence-corrected chi connectivity index (χ0v) is 14.4. The minimum Gasteiger partial charge on any atom is -0.378 e. The Kier molecular flexibility index (Phi) is 4.52. The van der Waals surface area contributed by atoms with Crippen LogP contribution < -0.4 is 0 Å². The first kappa shape index (κ1) is 14.6. The van der Waals surface area contributed by atoms with Gasteiger partial charge in [-0.1, -0.05) is 0 Å². The molecule has 0 radical (unpaired) electrons. The third kappa shape index (κ3) is 2.70. The molecular formula is C15H18ClIN2O. The molecule has 1 saturated carbocycles. The molecule has 0 unspecified atom stereocenters. The van der Waals surface area contributed by atoms with Crippen LogP contribution in [0.3, 0.4) is 0 Å². The van der Waals surface area contributed by atoms with Crippen LogP contribution in [0.2, 0.25) is 0 Å². The van der Waals surface area contributed by atoms with E-state index in [2.05, 4.69) is 52.3 Å². The largest absolute Gasteiger partial charge is 0.378 e. The van der Waals surface area contributed by atoms with Crippen molar-refractivity contribution in [3.8, 4) is 0 Å². The highest BCUT2D eigenvalue weighted by atomic mass is 127. The van der Waals surface area contributed by atoms with Crippen molar-refractivity contribution in [1.29, 1.82) is 0 Å². The van der Waals surface area contributed by atoms with Crippen LogP contribution >= 0.6 is 34.2 Å². The number of imidazole rings is 1. The van der Waals surface area contributed by atoms with Gasteiger partial charge in [-0.15, -0.1) is 11.6 Å². The molecule has 3 nitrogen and oxygen atoms in total. The molecule has 0 saturated heterocycles. The van der Waals surface area contributed by atoms with E-state index in [1.165, 1.54) is 9.09 Å². The first-order valence-corrected chi connectivity index (χ1v) is 8.68. The third-order valence-corrected chi connectivity index (χ3v) is 4.74. The van der Waals surface area contributed by atoms with E-state index < -0.39 is 0 Å². The Bertz CT molecular complexity index is 607. The average Bonchev–Trinajstić information content (AvgIpc) is 2.71. The minimum atomic E-state index is 0.412. The monoisotopic (exact) mass is 404 g/mol. The molecular weight excluding hydrogens is 387 g/mol. The molecule has 108 valence electrons. The summed E-state index contributed by atoms with van der Waals surface area (Å²) in [5.74, 6) is 1.72. The van der Waals surface area contributed by atoms with E-state index in [-0.39, 0.29) is 0 Å². The summed E-state index contributed by atoms with van der Waals surface area (Å²) >= 11 is 8.26. The zero-order chi connectivity index (χ0) is 14.1. The van der Waals surface area contributed by atoms with Crippen molar-refractivity contribution in [2.75, 3.05) is 12.5 Å². The second-order valence-electron chi connectivity index (χ2n) is 5.17. The van der Waals surface area contributed by atoms with Crippen molar-refractivity contribution in [2.24, 2.45) is 0 Å². The van der Waals surface area contributed by atoms with E-state index in [0.717, 1.165) is 37.2 Å². The van der Waals surface area contributed by atoms with Gasteiger partial charge < -0.3 is 9.30 Å². The Labute approximate surface area is 137 Å². The number of nitrogens with zero attached hydrogens (tertiary/aromatic N) is 2. The maximum absolute atomic E-state index is 5.93. The summed E-state index contributed by atoms with van der Waals surface area (Å²) < 4.78 is 9.27. The van der Waals surface area contributed by atoms with Crippen LogP contribution in [0.1, 0.15) is 31.6 Å². The highest BCUT2D eigenvalue weighted by Gasteiger charge is 2.33. The molecule has 0 atom stereocenters. The fourth-order valence-electron chi connectivity index (χ4n) is 2.91. The van der Waals surface area contributed by atoms with Crippen LogP contribution in [-0.2, 0) is 11.2 Å². The molecule has 0 bridgehead atoms. The van der Waals surface area contributed by atoms with Crippen LogP contribution in [0.5, 0.6) is 0 Å². The van der Waals surface area contributed by atoms with E-state index >= 15 is 0 Å². The highest BCUT2D eigenvalue weighted by molar-refractivity contribution is 14.1. The lowest BCUT2D eigenvalue weighted by atomic mass is 9.88. The fraction of sp³-hybridized carbons (Fsp3) is 0.533. The number of benzene rings is 1. The molecule has 1 aromatic carbocycles. The summed E-state index contributed by atoms with van der Waals surface area (Å²) in [4.78, 5) is 4.77. The Morgan fingerprint density at radius 2 is 2.25 bits per heavy atom. The quantitative estimate of drug-likeness (QED) is 0.553. The molecule has 0 N–H and O–H groups in total. The standard InChI is InChI=1S/C15H18ClIN2O/c1-2-20-12-8-11(9-12)19-14-4-3-10(17)7-13(14)18-15(19)5-6-16/h3-4,7,11-12H,2,5-6,8-9H2,1H3. The Balaban J connectivity index is 1.93. The SMILES string of the molecule is CCOC1CC(n2c(CCCl)nc3cc(I)ccc32)C1. The van der Waals surface area contributed by atoms with Gasteiger partial charge in [0.2, 0.25) is 0 Å². The first-order chi connectivity index (χ1) is 9.72. The molecule has 0 aliphatic heterocycles. The van der Waals surface area contributed by atoms with E-state index in [1.54, 1.807) is 0 Å². The number of hydrogen-bond acceptors (Lipinski definition) is 2. The van der Waals surface area contributed by atoms with Gasteiger partial charge in [-0.25, -0.2) is 4.98 Å². The number of alkyl halides is 1. The predicted octanol–water partition coefficient (Wildman–Crippen LogP) is 4.16. The maximum atomic E-state index is 5.93. The van der Waals surface area contributed by atoms with Gasteiger partial charge >= 0.3 is 0 Å². The summed E-state index contributed by atoms with van der Waals surface area (Å²) in [5.41, 5.74) is 2.31. The Hall–Kier alpha value is -0.330. The molecule has 0 amide bonds. The number of fused-ring (bicyclic) bond motifs is 1. The number of aryl methyl sites for hydroxylation is 1. The summed E-state index contributed by atoms with van der Waals surface area (Å²) in [6, 6.07) is 6.97. The Morgan fingerprint density at radius 1 is 1.45 bits per heavy atom. The topological polar surface area (TPSA) is 27.1 Å². The minimum absolute atomic E-state index is 0.412. The van der Waals surface area contributed by atoms with E-state index in [9.17, 15) is 0 Å². The van der Waals surface area contributed by atoms with E-state index in [4.69, 9.17) is 21.3 Å². The Morgan fingerprint density at radius 3 is 2.95 bits per heavy atom. The van der Waals surface area contributed by atoms with Crippen molar-refractivity contribution in [3.05, 3.63) is 27.6 Å². The van der Waals surface area contributed by atoms with Gasteiger partial charge in [-0.05, 0) is 60.6 Å². The van der Waals surface area contributed by atoms with E-state index in [0.29, 0.717) is 18.0 Å². The van der Waals surface area contributed by atoms with Crippen molar-refractivity contribution >= 4 is 45.2 Å². The summed E-state index contributed by atoms with van der Waals surface area (Å²) in [6.45, 7) is 2.86. The molecule has 3 rings (SSSR count). The molecule has 1 aliphatic rings. The number of halogens is 2. The van der Waals surface area contributed by atoms with Crippen molar-refractivity contribution in [2.45, 2.75) is 38.3 Å². The smallest absolute Gasteiger partial charge is 0.111 e. The molecule has 1 fully saturated rings. The molecule has 2 aromatic rings. The number of ether oxygens (including phenoxy) is 1. The number of hydrogen-bond donors (Lipinski definition) is 0. The number of aromatic nitrogens is 2. The summed E-state index contributed by atoms with van der Waals surface area (Å²) in [6.07, 6.45) is 3.40. The van der Waals surface area contributed by atoms with Gasteiger partial charge in [-0.3, -0.25) is 0 Å². The fourth-order valence-corrected chi connectivity index (χ4v) is 3.55. The van der Waals surface area contributed by atoms with Gasteiger partial charge in [0.05, 0.1) is 17.1 Å². The zero-order valence-electron chi connectivity index (χ0n) is 11.5. The van der Waals surface area contributed by atoms with Crippen molar-refractivity contribution in [1.82, 2.24) is 9.55 Å². The van der Waals surface area contributed by atoms with Crippen LogP contribution in [0.25, 0.3) is 11.0 Å². The maximum Gasteiger partial charge on any atom is 0.111 e. The van der Waals surface area contributed by atoms with Gasteiger partial charge in [0, 0.05) is 28.5 Å². The molecule has 1 aromatic heterocycles. The van der Waals surface area contributed by atoms with Crippen LogP contribution in [0.15, 0.2) is 18.2 Å². The molecule has 1 aliphatic carbocycles. The lowest BCUT2D eigenvalue weighted by Gasteiger charge is -2.37. The second-order valence-corrected chi connectivity index (χ2v) is 6.80. The van der Waals surface area contributed by atoms with Crippen LogP contribution in [-0.4, -0.2) is 28.1 Å². The molecule has 1 heterocycles. The lowest BCUT2D eigenvalue weighted by Crippen LogP contribution is -2.34. The molecule has 0 spiro atoms. The van der Waals surface area contributed by atoms with Crippen LogP contribution in [0, 0.1) is 3.57 Å². The predicted molar refractivity (Wildman–Crippen MR) is 90.6 cm³/mol. The third-order valence-electron chi connectivity index (χ3n) is 3.88. The van der Waals surface area contributed by atoms with E-state index in [1.807, 2.05) is 0 Å². The average molecular weight is 405 g/mol. The molecule has 5 heteroatoms. The lowest BCUT2D eigenvalue weighted by molar-refractivity contribution is -0.0192. The van der Waals surface area contributed by atoms with Crippen LogP contribution in [0.4, 0.5) is 0 Å². The summed E-state index contributed by atoms with van der Waals surface area (Å²) in [5, 5.41) is 0. The van der Waals surface area contributed by atoms with Gasteiger partial charge in [0.1, 0.15) is 5.82 Å². The first-order valence-electron chi connectivity index (χ1n) is 7.06. The second kappa shape index (κ2) is 6.20. The highest BCUT2D eigenvalue weighted by Crippen LogP contribution is 2.38. The summed E-state index contributed by atoms with van der Waals surface area (Å²) in [7, 11) is 0. The van der Waals surface area contributed by atoms with Gasteiger partial charge in [0.25, 0.3) is 0 Å². The van der Waals surface area contributed by atoms with Crippen molar-refractivity contribution in [3.63, 3.8) is 0 Å². The normalized spacial score (nSPS) is 22.1. The van der Waals surface area contributed by atoms with Gasteiger partial charge in [0.15, 0.2) is 0 Å². The van der Waals surface area contributed by atoms with Gasteiger partial charge in [-0.2, -0.15) is 0 Å². The van der Waals surface area contributed by atoms with Crippen molar-refractivity contribution < 1.29 is 4.74 Å².